The first-order chi connectivity index (χ1) is 8.63. The molecular weight excluding hydrogens is 341 g/mol. The molecule has 1 aromatic rings. The molecule has 0 heterocycles. The monoisotopic (exact) mass is 357 g/mol. The van der Waals surface area contributed by atoms with Gasteiger partial charge in [0.1, 0.15) is 5.75 Å². The number of rotatable bonds is 2. The molecule has 0 aliphatic heterocycles. The molecule has 2 saturated carbocycles. The Balaban J connectivity index is 1.73. The van der Waals surface area contributed by atoms with E-state index in [4.69, 9.17) is 0 Å². The normalized spacial score (nSPS) is 29.5. The number of amides is 1. The minimum absolute atomic E-state index is 0.0658. The lowest BCUT2D eigenvalue weighted by atomic mass is 9.95. The summed E-state index contributed by atoms with van der Waals surface area (Å²) in [6.07, 6.45) is 4.95. The summed E-state index contributed by atoms with van der Waals surface area (Å²) >= 11 is 2.15. The van der Waals surface area contributed by atoms with Crippen molar-refractivity contribution < 1.29 is 9.90 Å². The number of hydrogen-bond donors (Lipinski definition) is 2. The summed E-state index contributed by atoms with van der Waals surface area (Å²) in [6.45, 7) is 0. The number of halogens is 1. The predicted molar refractivity (Wildman–Crippen MR) is 77.5 cm³/mol. The van der Waals surface area contributed by atoms with Crippen molar-refractivity contribution in [2.75, 3.05) is 0 Å². The zero-order valence-corrected chi connectivity index (χ0v) is 12.2. The van der Waals surface area contributed by atoms with Gasteiger partial charge in [0.15, 0.2) is 0 Å². The van der Waals surface area contributed by atoms with Crippen molar-refractivity contribution in [3.05, 3.63) is 27.3 Å². The van der Waals surface area contributed by atoms with Gasteiger partial charge in [-0.3, -0.25) is 4.79 Å². The molecule has 4 heteroatoms. The quantitative estimate of drug-likeness (QED) is 0.800. The lowest BCUT2D eigenvalue weighted by Gasteiger charge is -2.23. The molecule has 2 fully saturated rings. The molecule has 1 amide bonds. The standard InChI is InChI=1S/C14H16INO2/c15-10-3-4-13(17)11(7-10)14(18)16-12-6-8-1-2-9(12)5-8/h3-4,7-9,12,17H,1-2,5-6H2,(H,16,18). The summed E-state index contributed by atoms with van der Waals surface area (Å²) < 4.78 is 0.962. The number of nitrogens with one attached hydrogen (secondary N) is 1. The average Bonchev–Trinajstić information content (AvgIpc) is 2.94. The number of benzene rings is 1. The molecule has 3 rings (SSSR count). The van der Waals surface area contributed by atoms with E-state index in [1.54, 1.807) is 18.2 Å². The van der Waals surface area contributed by atoms with Crippen molar-refractivity contribution in [2.24, 2.45) is 11.8 Å². The Morgan fingerprint density at radius 1 is 1.33 bits per heavy atom. The Labute approximate surface area is 120 Å². The number of carbonyl (C=O) groups is 1. The molecule has 1 aromatic carbocycles. The molecule has 3 unspecified atom stereocenters. The number of phenols is 1. The van der Waals surface area contributed by atoms with E-state index < -0.39 is 0 Å². The number of carbonyl (C=O) groups excluding carboxylic acids is 1. The fourth-order valence-corrected chi connectivity index (χ4v) is 3.85. The highest BCUT2D eigenvalue weighted by Gasteiger charge is 2.40. The largest absolute Gasteiger partial charge is 0.507 e. The molecule has 2 N–H and O–H groups in total. The van der Waals surface area contributed by atoms with E-state index in [0.29, 0.717) is 17.5 Å². The lowest BCUT2D eigenvalue weighted by molar-refractivity contribution is 0.0920. The molecule has 96 valence electrons. The van der Waals surface area contributed by atoms with E-state index in [1.807, 2.05) is 0 Å². The maximum Gasteiger partial charge on any atom is 0.255 e. The van der Waals surface area contributed by atoms with E-state index in [0.717, 1.165) is 15.9 Å². The van der Waals surface area contributed by atoms with E-state index in [-0.39, 0.29) is 11.7 Å². The van der Waals surface area contributed by atoms with Gasteiger partial charge in [-0.2, -0.15) is 0 Å². The fourth-order valence-electron chi connectivity index (χ4n) is 3.36. The van der Waals surface area contributed by atoms with Crippen LogP contribution in [0.15, 0.2) is 18.2 Å². The van der Waals surface area contributed by atoms with Crippen LogP contribution in [-0.4, -0.2) is 17.1 Å². The van der Waals surface area contributed by atoms with Crippen LogP contribution >= 0.6 is 22.6 Å². The molecule has 3 atom stereocenters. The number of phenolic OH excluding ortho intramolecular Hbond substituents is 1. The lowest BCUT2D eigenvalue weighted by Crippen LogP contribution is -2.38. The highest BCUT2D eigenvalue weighted by Crippen LogP contribution is 2.44. The van der Waals surface area contributed by atoms with Crippen molar-refractivity contribution in [3.63, 3.8) is 0 Å². The molecular formula is C14H16INO2. The first-order valence-corrected chi connectivity index (χ1v) is 7.50. The maximum atomic E-state index is 12.2. The maximum absolute atomic E-state index is 12.2. The molecule has 0 saturated heterocycles. The van der Waals surface area contributed by atoms with Gasteiger partial charge in [0, 0.05) is 9.61 Å². The van der Waals surface area contributed by atoms with Gasteiger partial charge in [0.05, 0.1) is 5.56 Å². The molecule has 18 heavy (non-hydrogen) atoms. The summed E-state index contributed by atoms with van der Waals surface area (Å²) in [5.74, 6) is 1.40. The number of hydrogen-bond acceptors (Lipinski definition) is 2. The number of aromatic hydroxyl groups is 1. The van der Waals surface area contributed by atoms with E-state index in [2.05, 4.69) is 27.9 Å². The van der Waals surface area contributed by atoms with Crippen molar-refractivity contribution >= 4 is 28.5 Å². The van der Waals surface area contributed by atoms with Gasteiger partial charge in [0.2, 0.25) is 0 Å². The zero-order valence-electron chi connectivity index (χ0n) is 10.0. The summed E-state index contributed by atoms with van der Waals surface area (Å²) in [5.41, 5.74) is 0.393. The topological polar surface area (TPSA) is 49.3 Å². The second-order valence-electron chi connectivity index (χ2n) is 5.42. The van der Waals surface area contributed by atoms with Crippen LogP contribution in [0, 0.1) is 15.4 Å². The van der Waals surface area contributed by atoms with Crippen molar-refractivity contribution in [1.82, 2.24) is 5.32 Å². The first-order valence-electron chi connectivity index (χ1n) is 6.43. The first kappa shape index (κ1) is 12.3. The van der Waals surface area contributed by atoms with Gasteiger partial charge >= 0.3 is 0 Å². The highest BCUT2D eigenvalue weighted by molar-refractivity contribution is 14.1. The predicted octanol–water partition coefficient (Wildman–Crippen LogP) is 2.92. The average molecular weight is 357 g/mol. The minimum atomic E-state index is -0.136. The van der Waals surface area contributed by atoms with Crippen LogP contribution in [-0.2, 0) is 0 Å². The van der Waals surface area contributed by atoms with Crippen molar-refractivity contribution in [3.8, 4) is 5.75 Å². The van der Waals surface area contributed by atoms with Crippen LogP contribution in [0.25, 0.3) is 0 Å². The van der Waals surface area contributed by atoms with Gasteiger partial charge < -0.3 is 10.4 Å². The molecule has 0 spiro atoms. The van der Waals surface area contributed by atoms with Gasteiger partial charge in [-0.25, -0.2) is 0 Å². The van der Waals surface area contributed by atoms with Crippen LogP contribution in [0.3, 0.4) is 0 Å². The van der Waals surface area contributed by atoms with Gasteiger partial charge in [-0.05, 0) is 71.9 Å². The third-order valence-corrected chi connectivity index (χ3v) is 4.93. The summed E-state index contributed by atoms with van der Waals surface area (Å²) in [7, 11) is 0. The van der Waals surface area contributed by atoms with Crippen molar-refractivity contribution in [1.29, 1.82) is 0 Å². The fraction of sp³-hybridized carbons (Fsp3) is 0.500. The zero-order chi connectivity index (χ0) is 12.7. The third-order valence-electron chi connectivity index (χ3n) is 4.26. The Kier molecular flexibility index (Phi) is 3.21. The summed E-state index contributed by atoms with van der Waals surface area (Å²) in [4.78, 5) is 12.2. The third kappa shape index (κ3) is 2.22. The molecule has 3 nitrogen and oxygen atoms in total. The second-order valence-corrected chi connectivity index (χ2v) is 6.66. The molecule has 0 aromatic heterocycles. The number of fused-ring (bicyclic) bond motifs is 2. The highest BCUT2D eigenvalue weighted by atomic mass is 127. The van der Waals surface area contributed by atoms with E-state index >= 15 is 0 Å². The van der Waals surface area contributed by atoms with Crippen LogP contribution in [0.5, 0.6) is 5.75 Å². The van der Waals surface area contributed by atoms with Crippen molar-refractivity contribution in [2.45, 2.75) is 31.7 Å². The van der Waals surface area contributed by atoms with Crippen LogP contribution in [0.4, 0.5) is 0 Å². The minimum Gasteiger partial charge on any atom is -0.507 e. The molecule has 0 radical (unpaired) electrons. The molecule has 2 aliphatic carbocycles. The molecule has 2 bridgehead atoms. The Bertz CT molecular complexity index is 489. The van der Waals surface area contributed by atoms with Gasteiger partial charge in [0.25, 0.3) is 5.91 Å². The Hall–Kier alpha value is -0.780. The van der Waals surface area contributed by atoms with Crippen LogP contribution in [0.1, 0.15) is 36.0 Å². The summed E-state index contributed by atoms with van der Waals surface area (Å²) in [5, 5.41) is 12.8. The van der Waals surface area contributed by atoms with Gasteiger partial charge in [-0.15, -0.1) is 0 Å². The Morgan fingerprint density at radius 3 is 2.83 bits per heavy atom. The summed E-state index contributed by atoms with van der Waals surface area (Å²) in [6, 6.07) is 5.42. The Morgan fingerprint density at radius 2 is 2.17 bits per heavy atom. The van der Waals surface area contributed by atoms with E-state index in [9.17, 15) is 9.90 Å². The second kappa shape index (κ2) is 4.72. The van der Waals surface area contributed by atoms with Gasteiger partial charge in [-0.1, -0.05) is 6.42 Å². The van der Waals surface area contributed by atoms with Crippen LogP contribution < -0.4 is 5.32 Å². The SMILES string of the molecule is O=C(NC1CC2CCC1C2)c1cc(I)ccc1O. The van der Waals surface area contributed by atoms with Crippen LogP contribution in [0.2, 0.25) is 0 Å². The van der Waals surface area contributed by atoms with E-state index in [1.165, 1.54) is 19.3 Å². The smallest absolute Gasteiger partial charge is 0.255 e. The molecule has 2 aliphatic rings.